The Morgan fingerprint density at radius 2 is 2.04 bits per heavy atom. The van der Waals surface area contributed by atoms with Crippen molar-refractivity contribution in [2.24, 2.45) is 0 Å². The van der Waals surface area contributed by atoms with Crippen LogP contribution >= 0.6 is 11.3 Å². The van der Waals surface area contributed by atoms with Crippen LogP contribution in [0.4, 0.5) is 9.93 Å². The van der Waals surface area contributed by atoms with Crippen LogP contribution in [-0.4, -0.2) is 45.7 Å². The molecule has 0 spiro atoms. The predicted molar refractivity (Wildman–Crippen MR) is 107 cm³/mol. The van der Waals surface area contributed by atoms with E-state index >= 15 is 0 Å². The molecule has 4 rings (SSSR count). The maximum Gasteiger partial charge on any atom is 0.416 e. The summed E-state index contributed by atoms with van der Waals surface area (Å²) >= 11 is 1.37. The van der Waals surface area contributed by atoms with Gasteiger partial charge in [0.25, 0.3) is 0 Å². The van der Waals surface area contributed by atoms with E-state index in [4.69, 9.17) is 4.74 Å². The number of thiazole rings is 1. The van der Waals surface area contributed by atoms with Gasteiger partial charge >= 0.3 is 6.09 Å². The molecule has 1 aromatic heterocycles. The Morgan fingerprint density at radius 1 is 1.25 bits per heavy atom. The number of aliphatic hydroxyl groups is 1. The van der Waals surface area contributed by atoms with Gasteiger partial charge in [-0.2, -0.15) is 0 Å². The third-order valence-corrected chi connectivity index (χ3v) is 5.47. The summed E-state index contributed by atoms with van der Waals surface area (Å²) in [4.78, 5) is 30.9. The zero-order chi connectivity index (χ0) is 19.7. The molecule has 1 saturated heterocycles. The third-order valence-electron chi connectivity index (χ3n) is 4.54. The highest BCUT2D eigenvalue weighted by atomic mass is 32.1. The van der Waals surface area contributed by atoms with Gasteiger partial charge in [-0.25, -0.2) is 9.78 Å². The number of para-hydroxylation sites is 1. The van der Waals surface area contributed by atoms with E-state index in [1.54, 1.807) is 24.3 Å². The number of carbonyl (C=O) groups excluding carboxylic acids is 2. The number of aryl methyl sites for hydroxylation is 1. The van der Waals surface area contributed by atoms with Gasteiger partial charge in [0, 0.05) is 6.42 Å². The summed E-state index contributed by atoms with van der Waals surface area (Å²) in [7, 11) is 0. The van der Waals surface area contributed by atoms with Crippen LogP contribution in [0.15, 0.2) is 48.5 Å². The van der Waals surface area contributed by atoms with E-state index in [0.717, 1.165) is 15.8 Å². The van der Waals surface area contributed by atoms with Crippen LogP contribution in [0.5, 0.6) is 5.75 Å². The highest BCUT2D eigenvalue weighted by molar-refractivity contribution is 7.22. The highest BCUT2D eigenvalue weighted by Crippen LogP contribution is 2.28. The van der Waals surface area contributed by atoms with E-state index in [2.05, 4.69) is 10.3 Å². The van der Waals surface area contributed by atoms with Crippen LogP contribution in [0.1, 0.15) is 12.0 Å². The fourth-order valence-corrected chi connectivity index (χ4v) is 4.15. The number of nitrogens with one attached hydrogen (secondary N) is 1. The smallest absolute Gasteiger partial charge is 0.410 e. The van der Waals surface area contributed by atoms with Gasteiger partial charge in [-0.3, -0.25) is 9.69 Å². The van der Waals surface area contributed by atoms with Crippen LogP contribution in [-0.2, 0) is 4.79 Å². The minimum atomic E-state index is -0.819. The quantitative estimate of drug-likeness (QED) is 0.708. The molecular weight excluding hydrogens is 378 g/mol. The molecule has 3 aromatic rings. The molecule has 0 unspecified atom stereocenters. The second-order valence-corrected chi connectivity index (χ2v) is 7.75. The largest absolute Gasteiger partial charge is 0.416 e. The molecule has 0 radical (unpaired) electrons. The molecule has 1 aliphatic rings. The molecule has 2 amide bonds. The molecule has 144 valence electrons. The van der Waals surface area contributed by atoms with Gasteiger partial charge in [0.2, 0.25) is 5.91 Å². The molecular formula is C20H19N3O4S. The van der Waals surface area contributed by atoms with E-state index in [-0.39, 0.29) is 13.0 Å². The summed E-state index contributed by atoms with van der Waals surface area (Å²) in [6.45, 7) is 2.04. The zero-order valence-corrected chi connectivity index (χ0v) is 16.0. The van der Waals surface area contributed by atoms with E-state index in [9.17, 15) is 14.7 Å². The van der Waals surface area contributed by atoms with Gasteiger partial charge in [-0.05, 0) is 36.8 Å². The van der Waals surface area contributed by atoms with Crippen molar-refractivity contribution in [3.8, 4) is 5.75 Å². The molecule has 8 heteroatoms. The summed E-state index contributed by atoms with van der Waals surface area (Å²) in [5.41, 5.74) is 1.92. The van der Waals surface area contributed by atoms with Crippen molar-refractivity contribution in [3.63, 3.8) is 0 Å². The number of aliphatic hydroxyl groups excluding tert-OH is 1. The fraction of sp³-hybridized carbons (Fsp3) is 0.250. The van der Waals surface area contributed by atoms with E-state index in [0.29, 0.717) is 10.9 Å². The Balaban J connectivity index is 1.48. The summed E-state index contributed by atoms with van der Waals surface area (Å²) in [6, 6.07) is 13.7. The normalized spacial score (nSPS) is 19.0. The molecule has 0 bridgehead atoms. The van der Waals surface area contributed by atoms with Gasteiger partial charge in [0.1, 0.15) is 11.8 Å². The van der Waals surface area contributed by atoms with Crippen molar-refractivity contribution >= 4 is 38.7 Å². The first kappa shape index (κ1) is 18.4. The fourth-order valence-electron chi connectivity index (χ4n) is 3.19. The Morgan fingerprint density at radius 3 is 2.82 bits per heavy atom. The lowest BCUT2D eigenvalue weighted by Gasteiger charge is -2.22. The second-order valence-electron chi connectivity index (χ2n) is 6.72. The van der Waals surface area contributed by atoms with Crippen molar-refractivity contribution in [2.75, 3.05) is 11.9 Å². The first-order chi connectivity index (χ1) is 13.5. The van der Waals surface area contributed by atoms with E-state index in [1.165, 1.54) is 16.2 Å². The average molecular weight is 397 g/mol. The van der Waals surface area contributed by atoms with Gasteiger partial charge < -0.3 is 15.2 Å². The lowest BCUT2D eigenvalue weighted by Crippen LogP contribution is -2.44. The third kappa shape index (κ3) is 3.83. The molecule has 1 aliphatic heterocycles. The molecule has 2 heterocycles. The number of hydrogen-bond acceptors (Lipinski definition) is 6. The zero-order valence-electron chi connectivity index (χ0n) is 15.2. The first-order valence-corrected chi connectivity index (χ1v) is 9.71. The number of aromatic nitrogens is 1. The Labute approximate surface area is 165 Å². The van der Waals surface area contributed by atoms with Crippen molar-refractivity contribution in [3.05, 3.63) is 54.1 Å². The van der Waals surface area contributed by atoms with Gasteiger partial charge in [-0.1, -0.05) is 35.6 Å². The topological polar surface area (TPSA) is 91.8 Å². The molecule has 0 saturated carbocycles. The monoisotopic (exact) mass is 397 g/mol. The summed E-state index contributed by atoms with van der Waals surface area (Å²) in [6.07, 6.45) is -1.29. The lowest BCUT2D eigenvalue weighted by molar-refractivity contribution is -0.119. The van der Waals surface area contributed by atoms with Crippen LogP contribution in [0.25, 0.3) is 10.2 Å². The number of rotatable bonds is 3. The number of β-amino-alcohol motifs (C(OH)–C–C–N with tert-alkyl or cyclic N) is 1. The number of anilines is 1. The molecule has 0 aliphatic carbocycles. The summed E-state index contributed by atoms with van der Waals surface area (Å²) < 4.78 is 6.30. The SMILES string of the molecule is Cc1ccc2nc(NC(=O)[C@@H]3C[C@H](O)CN3C(=O)Oc3ccccc3)sc2c1. The van der Waals surface area contributed by atoms with Crippen LogP contribution < -0.4 is 10.1 Å². The molecule has 28 heavy (non-hydrogen) atoms. The minimum absolute atomic E-state index is 0.0444. The van der Waals surface area contributed by atoms with Crippen molar-refractivity contribution in [1.82, 2.24) is 9.88 Å². The number of fused-ring (bicyclic) bond motifs is 1. The van der Waals surface area contributed by atoms with Gasteiger partial charge in [0.15, 0.2) is 5.13 Å². The predicted octanol–water partition coefficient (Wildman–Crippen LogP) is 3.18. The summed E-state index contributed by atoms with van der Waals surface area (Å²) in [5, 5.41) is 13.2. The standard InChI is InChI=1S/C20H19N3O4S/c1-12-7-8-15-17(9-12)28-19(21-15)22-18(25)16-10-13(24)11-23(16)20(26)27-14-5-3-2-4-6-14/h2-9,13,16,24H,10-11H2,1H3,(H,21,22,25)/t13-,16-/m0/s1. The number of carbonyl (C=O) groups is 2. The number of benzene rings is 2. The number of amides is 2. The van der Waals surface area contributed by atoms with Gasteiger partial charge in [-0.15, -0.1) is 0 Å². The van der Waals surface area contributed by atoms with Gasteiger partial charge in [0.05, 0.1) is 22.9 Å². The van der Waals surface area contributed by atoms with Crippen LogP contribution in [0, 0.1) is 6.92 Å². The number of nitrogens with zero attached hydrogens (tertiary/aromatic N) is 2. The van der Waals surface area contributed by atoms with Crippen molar-refractivity contribution in [2.45, 2.75) is 25.5 Å². The first-order valence-electron chi connectivity index (χ1n) is 8.89. The van der Waals surface area contributed by atoms with Crippen LogP contribution in [0.3, 0.4) is 0 Å². The maximum absolute atomic E-state index is 12.8. The number of likely N-dealkylation sites (tertiary alicyclic amines) is 1. The average Bonchev–Trinajstić information content (AvgIpc) is 3.25. The summed E-state index contributed by atoms with van der Waals surface area (Å²) in [5.74, 6) is -0.00747. The molecule has 2 aromatic carbocycles. The molecule has 7 nitrogen and oxygen atoms in total. The Kier molecular flexibility index (Phi) is 4.97. The number of ether oxygens (including phenoxy) is 1. The Bertz CT molecular complexity index is 1020. The van der Waals surface area contributed by atoms with Crippen molar-refractivity contribution in [1.29, 1.82) is 0 Å². The highest BCUT2D eigenvalue weighted by Gasteiger charge is 2.40. The van der Waals surface area contributed by atoms with E-state index in [1.807, 2.05) is 31.2 Å². The van der Waals surface area contributed by atoms with E-state index < -0.39 is 24.1 Å². The van der Waals surface area contributed by atoms with Crippen LogP contribution in [0.2, 0.25) is 0 Å². The number of hydrogen-bond donors (Lipinski definition) is 2. The molecule has 1 fully saturated rings. The second kappa shape index (κ2) is 7.57. The lowest BCUT2D eigenvalue weighted by atomic mass is 10.2. The molecule has 2 N–H and O–H groups in total. The molecule has 2 atom stereocenters. The minimum Gasteiger partial charge on any atom is -0.410 e. The van der Waals surface area contributed by atoms with Crippen molar-refractivity contribution < 1.29 is 19.4 Å². The Hall–Kier alpha value is -2.97. The maximum atomic E-state index is 12.8.